The maximum absolute atomic E-state index is 11.8. The highest BCUT2D eigenvalue weighted by Crippen LogP contribution is 2.38. The lowest BCUT2D eigenvalue weighted by Gasteiger charge is -2.27. The highest BCUT2D eigenvalue weighted by atomic mass is 16.4. The molecule has 0 aromatic rings. The summed E-state index contributed by atoms with van der Waals surface area (Å²) in [6, 6.07) is 0. The Morgan fingerprint density at radius 3 is 2.22 bits per heavy atom. The van der Waals surface area contributed by atoms with E-state index in [0.29, 0.717) is 12.8 Å². The van der Waals surface area contributed by atoms with Crippen LogP contribution in [0, 0.1) is 5.41 Å². The van der Waals surface area contributed by atoms with Gasteiger partial charge in [0.15, 0.2) is 0 Å². The molecular formula is C13H23NO4. The first-order chi connectivity index (χ1) is 8.46. The van der Waals surface area contributed by atoms with E-state index in [2.05, 4.69) is 5.32 Å². The van der Waals surface area contributed by atoms with Crippen molar-refractivity contribution >= 4 is 11.9 Å². The van der Waals surface area contributed by atoms with Crippen molar-refractivity contribution in [3.63, 3.8) is 0 Å². The number of aliphatic hydroxyl groups is 1. The molecule has 3 N–H and O–H groups in total. The maximum atomic E-state index is 11.8. The van der Waals surface area contributed by atoms with Gasteiger partial charge in [-0.2, -0.15) is 0 Å². The average Bonchev–Trinajstić information content (AvgIpc) is 2.53. The number of carbonyl (C=O) groups excluding carboxylic acids is 1. The second-order valence-electron chi connectivity index (χ2n) is 5.33. The number of hydrogen-bond donors (Lipinski definition) is 3. The van der Waals surface area contributed by atoms with Crippen molar-refractivity contribution in [2.75, 3.05) is 6.54 Å². The molecule has 5 heteroatoms. The number of rotatable bonds is 5. The molecule has 0 aromatic carbocycles. The zero-order chi connectivity index (χ0) is 13.6. The van der Waals surface area contributed by atoms with E-state index in [1.54, 1.807) is 6.92 Å². The Hall–Kier alpha value is -1.10. The molecule has 18 heavy (non-hydrogen) atoms. The maximum Gasteiger partial charge on any atom is 0.310 e. The second-order valence-corrected chi connectivity index (χ2v) is 5.33. The van der Waals surface area contributed by atoms with Crippen LogP contribution in [-0.4, -0.2) is 34.7 Å². The van der Waals surface area contributed by atoms with Gasteiger partial charge in [-0.15, -0.1) is 0 Å². The van der Waals surface area contributed by atoms with Crippen LogP contribution in [0.5, 0.6) is 0 Å². The number of carboxylic acid groups (broad SMARTS) is 1. The van der Waals surface area contributed by atoms with Crippen molar-refractivity contribution in [1.29, 1.82) is 0 Å². The molecule has 0 aromatic heterocycles. The fourth-order valence-electron chi connectivity index (χ4n) is 2.50. The fraction of sp³-hybridized carbons (Fsp3) is 0.846. The fourth-order valence-corrected chi connectivity index (χ4v) is 2.50. The molecule has 1 rings (SSSR count). The van der Waals surface area contributed by atoms with Crippen LogP contribution >= 0.6 is 0 Å². The van der Waals surface area contributed by atoms with E-state index < -0.39 is 17.5 Å². The van der Waals surface area contributed by atoms with Crippen molar-refractivity contribution in [2.24, 2.45) is 5.41 Å². The van der Waals surface area contributed by atoms with Crippen molar-refractivity contribution < 1.29 is 19.8 Å². The molecule has 1 saturated carbocycles. The first-order valence-corrected chi connectivity index (χ1v) is 6.64. The highest BCUT2D eigenvalue weighted by Gasteiger charge is 2.40. The van der Waals surface area contributed by atoms with Gasteiger partial charge in [0.1, 0.15) is 0 Å². The van der Waals surface area contributed by atoms with Gasteiger partial charge in [0.25, 0.3) is 0 Å². The van der Waals surface area contributed by atoms with Crippen LogP contribution in [0.2, 0.25) is 0 Å². The van der Waals surface area contributed by atoms with Gasteiger partial charge in [0.2, 0.25) is 5.91 Å². The monoisotopic (exact) mass is 257 g/mol. The number of amides is 1. The van der Waals surface area contributed by atoms with Crippen LogP contribution in [0.4, 0.5) is 0 Å². The number of aliphatic hydroxyl groups excluding tert-OH is 1. The molecule has 1 fully saturated rings. The molecule has 0 bridgehead atoms. The van der Waals surface area contributed by atoms with E-state index in [4.69, 9.17) is 5.11 Å². The standard InChI is InChI=1S/C13H23NO4/c1-10(15)9-14-11(16)8-13(12(17)18)6-4-2-3-5-7-13/h10,15H,2-9H2,1H3,(H,14,16)(H,17,18)/t10-/m0/s1. The van der Waals surface area contributed by atoms with Gasteiger partial charge in [-0.25, -0.2) is 0 Å². The predicted octanol–water partition coefficient (Wildman–Crippen LogP) is 1.30. The minimum atomic E-state index is -0.903. The summed E-state index contributed by atoms with van der Waals surface area (Å²) < 4.78 is 0. The summed E-state index contributed by atoms with van der Waals surface area (Å²) in [5.74, 6) is -1.14. The van der Waals surface area contributed by atoms with Gasteiger partial charge < -0.3 is 15.5 Å². The normalized spacial score (nSPS) is 20.8. The number of carboxylic acids is 1. The average molecular weight is 257 g/mol. The third kappa shape index (κ3) is 4.29. The Bertz CT molecular complexity index is 293. The Kier molecular flexibility index (Phi) is 5.59. The topological polar surface area (TPSA) is 86.6 Å². The zero-order valence-electron chi connectivity index (χ0n) is 10.9. The molecule has 0 aliphatic heterocycles. The Labute approximate surface area is 108 Å². The van der Waals surface area contributed by atoms with Crippen LogP contribution < -0.4 is 5.32 Å². The summed E-state index contributed by atoms with van der Waals surface area (Å²) in [5, 5.41) is 21.1. The third-order valence-electron chi connectivity index (χ3n) is 3.61. The molecule has 5 nitrogen and oxygen atoms in total. The zero-order valence-corrected chi connectivity index (χ0v) is 10.9. The summed E-state index contributed by atoms with van der Waals surface area (Å²) in [6.45, 7) is 1.76. The highest BCUT2D eigenvalue weighted by molar-refractivity contribution is 5.85. The summed E-state index contributed by atoms with van der Waals surface area (Å²) in [7, 11) is 0. The van der Waals surface area contributed by atoms with Crippen LogP contribution in [-0.2, 0) is 9.59 Å². The Balaban J connectivity index is 2.61. The van der Waals surface area contributed by atoms with Crippen molar-refractivity contribution in [3.05, 3.63) is 0 Å². The molecule has 1 atom stereocenters. The molecule has 0 radical (unpaired) electrons. The number of aliphatic carboxylic acids is 1. The molecule has 1 aliphatic carbocycles. The Morgan fingerprint density at radius 1 is 1.22 bits per heavy atom. The van der Waals surface area contributed by atoms with Gasteiger partial charge >= 0.3 is 5.97 Å². The van der Waals surface area contributed by atoms with E-state index in [0.717, 1.165) is 25.7 Å². The van der Waals surface area contributed by atoms with Gasteiger partial charge in [-0.1, -0.05) is 25.7 Å². The van der Waals surface area contributed by atoms with Crippen LogP contribution in [0.25, 0.3) is 0 Å². The smallest absolute Gasteiger partial charge is 0.310 e. The lowest BCUT2D eigenvalue weighted by molar-refractivity contribution is -0.152. The van der Waals surface area contributed by atoms with Crippen molar-refractivity contribution in [2.45, 2.75) is 58.0 Å². The minimum Gasteiger partial charge on any atom is -0.481 e. The van der Waals surface area contributed by atoms with Gasteiger partial charge in [0.05, 0.1) is 11.5 Å². The van der Waals surface area contributed by atoms with E-state index >= 15 is 0 Å². The van der Waals surface area contributed by atoms with Crippen LogP contribution in [0.15, 0.2) is 0 Å². The minimum absolute atomic E-state index is 0.0229. The molecule has 104 valence electrons. The van der Waals surface area contributed by atoms with Gasteiger partial charge in [-0.3, -0.25) is 9.59 Å². The third-order valence-corrected chi connectivity index (χ3v) is 3.61. The van der Waals surface area contributed by atoms with E-state index in [9.17, 15) is 14.7 Å². The summed E-state index contributed by atoms with van der Waals surface area (Å²) in [4.78, 5) is 23.2. The van der Waals surface area contributed by atoms with Gasteiger partial charge in [0, 0.05) is 13.0 Å². The van der Waals surface area contributed by atoms with E-state index in [1.165, 1.54) is 0 Å². The van der Waals surface area contributed by atoms with Crippen LogP contribution in [0.1, 0.15) is 51.9 Å². The molecule has 0 unspecified atom stereocenters. The number of hydrogen-bond acceptors (Lipinski definition) is 3. The number of carbonyl (C=O) groups is 2. The van der Waals surface area contributed by atoms with Crippen LogP contribution in [0.3, 0.4) is 0 Å². The molecule has 1 amide bonds. The first kappa shape index (κ1) is 15.0. The molecule has 1 aliphatic rings. The quantitative estimate of drug-likeness (QED) is 0.648. The molecular weight excluding hydrogens is 234 g/mol. The number of nitrogens with one attached hydrogen (secondary N) is 1. The summed E-state index contributed by atoms with van der Waals surface area (Å²) in [6.07, 6.45) is 4.40. The predicted molar refractivity (Wildman–Crippen MR) is 67.1 cm³/mol. The Morgan fingerprint density at radius 2 is 1.78 bits per heavy atom. The largest absolute Gasteiger partial charge is 0.481 e. The summed E-state index contributed by atoms with van der Waals surface area (Å²) in [5.41, 5.74) is -0.903. The molecule has 0 saturated heterocycles. The lowest BCUT2D eigenvalue weighted by Crippen LogP contribution is -2.39. The summed E-state index contributed by atoms with van der Waals surface area (Å²) >= 11 is 0. The first-order valence-electron chi connectivity index (χ1n) is 6.64. The SMILES string of the molecule is C[C@H](O)CNC(=O)CC1(C(=O)O)CCCCCC1. The van der Waals surface area contributed by atoms with Crippen molar-refractivity contribution in [3.8, 4) is 0 Å². The van der Waals surface area contributed by atoms with Gasteiger partial charge in [-0.05, 0) is 19.8 Å². The van der Waals surface area contributed by atoms with E-state index in [1.807, 2.05) is 0 Å². The lowest BCUT2D eigenvalue weighted by atomic mass is 9.77. The second kappa shape index (κ2) is 6.73. The van der Waals surface area contributed by atoms with E-state index in [-0.39, 0.29) is 18.9 Å². The molecule has 0 heterocycles. The molecule has 0 spiro atoms. The van der Waals surface area contributed by atoms with Crippen molar-refractivity contribution in [1.82, 2.24) is 5.32 Å².